The third kappa shape index (κ3) is 3.45. The number of hydrazone groups is 1. The van der Waals surface area contributed by atoms with Crippen molar-refractivity contribution >= 4 is 22.9 Å². The molecule has 3 aromatic carbocycles. The van der Waals surface area contributed by atoms with E-state index in [9.17, 15) is 4.79 Å². The standard InChI is InChI=1S/C24H21N3O/c1-17-14-22(18(2)27(17)23-10-4-3-5-11-23)16-25-26-24(28)21-13-12-19-8-6-7-9-20(19)15-21/h3-16H,1-2H3,(H,26,28). The first-order chi connectivity index (χ1) is 13.6. The Balaban J connectivity index is 1.52. The van der Waals surface area contributed by atoms with Gasteiger partial charge in [0, 0.05) is 28.2 Å². The van der Waals surface area contributed by atoms with E-state index in [2.05, 4.69) is 40.2 Å². The molecule has 1 aromatic heterocycles. The Labute approximate surface area is 164 Å². The summed E-state index contributed by atoms with van der Waals surface area (Å²) in [6.45, 7) is 4.11. The molecule has 0 aliphatic rings. The van der Waals surface area contributed by atoms with Crippen molar-refractivity contribution in [2.24, 2.45) is 5.10 Å². The van der Waals surface area contributed by atoms with Gasteiger partial charge in [-0.1, -0.05) is 48.5 Å². The third-order valence-corrected chi connectivity index (χ3v) is 4.87. The first-order valence-electron chi connectivity index (χ1n) is 9.20. The van der Waals surface area contributed by atoms with Crippen molar-refractivity contribution in [1.82, 2.24) is 9.99 Å². The molecule has 0 bridgehead atoms. The van der Waals surface area contributed by atoms with Gasteiger partial charge in [0.1, 0.15) is 0 Å². The van der Waals surface area contributed by atoms with Gasteiger partial charge >= 0.3 is 0 Å². The molecule has 4 aromatic rings. The summed E-state index contributed by atoms with van der Waals surface area (Å²) in [5, 5.41) is 6.31. The van der Waals surface area contributed by atoms with Crippen LogP contribution in [0.2, 0.25) is 0 Å². The monoisotopic (exact) mass is 367 g/mol. The van der Waals surface area contributed by atoms with Crippen LogP contribution in [0.25, 0.3) is 16.5 Å². The van der Waals surface area contributed by atoms with E-state index >= 15 is 0 Å². The number of fused-ring (bicyclic) bond motifs is 1. The number of carbonyl (C=O) groups is 1. The summed E-state index contributed by atoms with van der Waals surface area (Å²) in [5.74, 6) is -0.223. The molecule has 28 heavy (non-hydrogen) atoms. The first kappa shape index (κ1) is 17.7. The second-order valence-electron chi connectivity index (χ2n) is 6.76. The first-order valence-corrected chi connectivity index (χ1v) is 9.20. The lowest BCUT2D eigenvalue weighted by molar-refractivity contribution is 0.0955. The Kier molecular flexibility index (Phi) is 4.77. The zero-order valence-corrected chi connectivity index (χ0v) is 15.9. The summed E-state index contributed by atoms with van der Waals surface area (Å²) in [6.07, 6.45) is 1.70. The molecule has 0 radical (unpaired) electrons. The van der Waals surface area contributed by atoms with Gasteiger partial charge in [0.2, 0.25) is 0 Å². The topological polar surface area (TPSA) is 46.4 Å². The average Bonchev–Trinajstić information content (AvgIpc) is 3.01. The highest BCUT2D eigenvalue weighted by molar-refractivity contribution is 5.99. The Morgan fingerprint density at radius 2 is 1.61 bits per heavy atom. The minimum Gasteiger partial charge on any atom is -0.318 e. The molecule has 138 valence electrons. The van der Waals surface area contributed by atoms with Crippen molar-refractivity contribution in [3.63, 3.8) is 0 Å². The smallest absolute Gasteiger partial charge is 0.271 e. The lowest BCUT2D eigenvalue weighted by Gasteiger charge is -2.09. The molecule has 0 saturated carbocycles. The minimum atomic E-state index is -0.223. The number of aryl methyl sites for hydroxylation is 1. The van der Waals surface area contributed by atoms with Crippen molar-refractivity contribution in [2.45, 2.75) is 13.8 Å². The molecule has 1 amide bonds. The van der Waals surface area contributed by atoms with E-state index in [1.807, 2.05) is 67.6 Å². The number of hydrogen-bond donors (Lipinski definition) is 1. The lowest BCUT2D eigenvalue weighted by Crippen LogP contribution is -2.17. The second kappa shape index (κ2) is 7.53. The predicted molar refractivity (Wildman–Crippen MR) is 114 cm³/mol. The van der Waals surface area contributed by atoms with Crippen molar-refractivity contribution in [3.05, 3.63) is 101 Å². The van der Waals surface area contributed by atoms with Crippen LogP contribution in [0.4, 0.5) is 0 Å². The van der Waals surface area contributed by atoms with Crippen LogP contribution >= 0.6 is 0 Å². The maximum Gasteiger partial charge on any atom is 0.271 e. The van der Waals surface area contributed by atoms with E-state index in [4.69, 9.17) is 0 Å². The summed E-state index contributed by atoms with van der Waals surface area (Å²) in [7, 11) is 0. The maximum absolute atomic E-state index is 12.4. The van der Waals surface area contributed by atoms with Gasteiger partial charge < -0.3 is 4.57 Å². The van der Waals surface area contributed by atoms with Gasteiger partial charge in [-0.05, 0) is 55.0 Å². The molecule has 4 rings (SSSR count). The average molecular weight is 367 g/mol. The molecule has 1 N–H and O–H groups in total. The number of carbonyl (C=O) groups excluding carboxylic acids is 1. The number of hydrogen-bond acceptors (Lipinski definition) is 2. The quantitative estimate of drug-likeness (QED) is 0.400. The van der Waals surface area contributed by atoms with Crippen LogP contribution in [0.3, 0.4) is 0 Å². The number of benzene rings is 3. The second-order valence-corrected chi connectivity index (χ2v) is 6.76. The Hall–Kier alpha value is -3.66. The Morgan fingerprint density at radius 3 is 2.39 bits per heavy atom. The molecule has 0 unspecified atom stereocenters. The fourth-order valence-electron chi connectivity index (χ4n) is 3.45. The molecule has 4 heteroatoms. The molecule has 0 aliphatic heterocycles. The number of aromatic nitrogens is 1. The summed E-state index contributed by atoms with van der Waals surface area (Å²) < 4.78 is 2.17. The van der Waals surface area contributed by atoms with Crippen molar-refractivity contribution in [1.29, 1.82) is 0 Å². The molecule has 4 nitrogen and oxygen atoms in total. The molecule has 0 spiro atoms. The fourth-order valence-corrected chi connectivity index (χ4v) is 3.45. The van der Waals surface area contributed by atoms with Crippen LogP contribution < -0.4 is 5.43 Å². The highest BCUT2D eigenvalue weighted by atomic mass is 16.2. The van der Waals surface area contributed by atoms with Crippen LogP contribution in [0.1, 0.15) is 27.3 Å². The Morgan fingerprint density at radius 1 is 0.893 bits per heavy atom. The van der Waals surface area contributed by atoms with Gasteiger partial charge in [0.25, 0.3) is 5.91 Å². The molecule has 0 fully saturated rings. The minimum absolute atomic E-state index is 0.223. The predicted octanol–water partition coefficient (Wildman–Crippen LogP) is 5.01. The molecular weight excluding hydrogens is 346 g/mol. The van der Waals surface area contributed by atoms with Gasteiger partial charge in [-0.15, -0.1) is 0 Å². The SMILES string of the molecule is Cc1cc(C=NNC(=O)c2ccc3ccccc3c2)c(C)n1-c1ccccc1. The molecule has 0 atom stereocenters. The normalized spacial score (nSPS) is 11.2. The molecule has 0 saturated heterocycles. The lowest BCUT2D eigenvalue weighted by atomic mass is 10.1. The van der Waals surface area contributed by atoms with Crippen molar-refractivity contribution in [3.8, 4) is 5.69 Å². The third-order valence-electron chi connectivity index (χ3n) is 4.87. The summed E-state index contributed by atoms with van der Waals surface area (Å²) in [4.78, 5) is 12.4. The number of rotatable bonds is 4. The number of nitrogens with one attached hydrogen (secondary N) is 1. The van der Waals surface area contributed by atoms with Crippen LogP contribution in [-0.2, 0) is 0 Å². The van der Waals surface area contributed by atoms with Crippen LogP contribution in [0.15, 0.2) is 84.0 Å². The Bertz CT molecular complexity index is 1170. The van der Waals surface area contributed by atoms with E-state index in [-0.39, 0.29) is 5.91 Å². The van der Waals surface area contributed by atoms with E-state index in [1.165, 1.54) is 0 Å². The van der Waals surface area contributed by atoms with Gasteiger partial charge in [-0.2, -0.15) is 5.10 Å². The van der Waals surface area contributed by atoms with Gasteiger partial charge in [0.05, 0.1) is 6.21 Å². The van der Waals surface area contributed by atoms with Gasteiger partial charge in [0.15, 0.2) is 0 Å². The van der Waals surface area contributed by atoms with E-state index in [0.29, 0.717) is 5.56 Å². The van der Waals surface area contributed by atoms with E-state index in [1.54, 1.807) is 6.21 Å². The van der Waals surface area contributed by atoms with Crippen molar-refractivity contribution < 1.29 is 4.79 Å². The highest BCUT2D eigenvalue weighted by Gasteiger charge is 2.09. The molecule has 1 heterocycles. The number of para-hydroxylation sites is 1. The zero-order chi connectivity index (χ0) is 19.5. The summed E-state index contributed by atoms with van der Waals surface area (Å²) in [6, 6.07) is 25.9. The fraction of sp³-hybridized carbons (Fsp3) is 0.0833. The maximum atomic E-state index is 12.4. The van der Waals surface area contributed by atoms with Crippen LogP contribution in [-0.4, -0.2) is 16.7 Å². The largest absolute Gasteiger partial charge is 0.318 e. The molecule has 0 aliphatic carbocycles. The molecular formula is C24H21N3O. The van der Waals surface area contributed by atoms with E-state index in [0.717, 1.165) is 33.4 Å². The highest BCUT2D eigenvalue weighted by Crippen LogP contribution is 2.19. The van der Waals surface area contributed by atoms with Gasteiger partial charge in [-0.25, -0.2) is 5.43 Å². The van der Waals surface area contributed by atoms with E-state index < -0.39 is 0 Å². The number of amides is 1. The van der Waals surface area contributed by atoms with Crippen LogP contribution in [0.5, 0.6) is 0 Å². The summed E-state index contributed by atoms with van der Waals surface area (Å²) >= 11 is 0. The zero-order valence-electron chi connectivity index (χ0n) is 15.9. The van der Waals surface area contributed by atoms with Crippen LogP contribution in [0, 0.1) is 13.8 Å². The number of nitrogens with zero attached hydrogens (tertiary/aromatic N) is 2. The van der Waals surface area contributed by atoms with Crippen molar-refractivity contribution in [2.75, 3.05) is 0 Å². The van der Waals surface area contributed by atoms with Gasteiger partial charge in [-0.3, -0.25) is 4.79 Å². The summed E-state index contributed by atoms with van der Waals surface area (Å²) in [5.41, 5.74) is 7.49.